The third-order valence-corrected chi connectivity index (χ3v) is 3.79. The van der Waals surface area contributed by atoms with Crippen LogP contribution in [0.2, 0.25) is 0 Å². The average Bonchev–Trinajstić information content (AvgIpc) is 2.29. The molecule has 88 valence electrons. The fourth-order valence-electron chi connectivity index (χ4n) is 2.05. The molecule has 1 saturated heterocycles. The van der Waals surface area contributed by atoms with Crippen molar-refractivity contribution in [2.75, 3.05) is 20.2 Å². The Bertz CT molecular complexity index is 260. The predicted molar refractivity (Wildman–Crippen MR) is 59.0 cm³/mol. The highest BCUT2D eigenvalue weighted by atomic mass is 16.3. The number of β-amino-alcohol motifs (C(OH)–C–C–N with tert-alkyl or cyclic N) is 1. The largest absolute Gasteiger partial charge is 0.394 e. The molecule has 1 unspecified atom stereocenters. The lowest BCUT2D eigenvalue weighted by molar-refractivity contribution is -0.141. The number of hydrazine groups is 1. The Morgan fingerprint density at radius 3 is 2.33 bits per heavy atom. The first kappa shape index (κ1) is 12.5. The Labute approximate surface area is 91.8 Å². The van der Waals surface area contributed by atoms with Crippen LogP contribution in [0.3, 0.4) is 0 Å². The van der Waals surface area contributed by atoms with Crippen molar-refractivity contribution in [2.45, 2.75) is 39.7 Å². The van der Waals surface area contributed by atoms with Gasteiger partial charge in [-0.2, -0.15) is 0 Å². The van der Waals surface area contributed by atoms with Crippen LogP contribution in [0.4, 0.5) is 0 Å². The van der Waals surface area contributed by atoms with Crippen molar-refractivity contribution in [3.8, 4) is 0 Å². The van der Waals surface area contributed by atoms with Crippen molar-refractivity contribution >= 4 is 5.91 Å². The molecule has 0 spiro atoms. The Hall–Kier alpha value is -0.610. The Balaban J connectivity index is 2.94. The number of carbonyl (C=O) groups is 1. The first-order valence-electron chi connectivity index (χ1n) is 5.39. The van der Waals surface area contributed by atoms with Gasteiger partial charge in [0.1, 0.15) is 0 Å². The maximum atomic E-state index is 11.8. The highest BCUT2D eigenvalue weighted by molar-refractivity contribution is 5.79. The standard InChI is InChI=1S/C11H22N2O2/c1-10(2,3)11(4)8-9(15)13(6-7-14)12(11)5/h14H,6-8H2,1-5H3. The van der Waals surface area contributed by atoms with E-state index in [9.17, 15) is 4.79 Å². The molecular formula is C11H22N2O2. The highest BCUT2D eigenvalue weighted by Gasteiger charge is 2.51. The van der Waals surface area contributed by atoms with E-state index in [2.05, 4.69) is 27.7 Å². The van der Waals surface area contributed by atoms with Gasteiger partial charge in [-0.05, 0) is 12.3 Å². The minimum absolute atomic E-state index is 0.0102. The van der Waals surface area contributed by atoms with Gasteiger partial charge < -0.3 is 5.11 Å². The summed E-state index contributed by atoms with van der Waals surface area (Å²) in [5, 5.41) is 12.5. The van der Waals surface area contributed by atoms with Crippen LogP contribution in [0.1, 0.15) is 34.1 Å². The van der Waals surface area contributed by atoms with Crippen LogP contribution >= 0.6 is 0 Å². The summed E-state index contributed by atoms with van der Waals surface area (Å²) in [5.74, 6) is 0.101. The summed E-state index contributed by atoms with van der Waals surface area (Å²) in [6.45, 7) is 8.91. The van der Waals surface area contributed by atoms with E-state index in [4.69, 9.17) is 5.11 Å². The van der Waals surface area contributed by atoms with E-state index in [1.165, 1.54) is 0 Å². The molecule has 0 bridgehead atoms. The van der Waals surface area contributed by atoms with Gasteiger partial charge in [0.2, 0.25) is 5.91 Å². The molecule has 1 fully saturated rings. The average molecular weight is 214 g/mol. The predicted octanol–water partition coefficient (Wildman–Crippen LogP) is 0.863. The van der Waals surface area contributed by atoms with Crippen LogP contribution in [0, 0.1) is 5.41 Å². The third-order valence-electron chi connectivity index (χ3n) is 3.79. The maximum absolute atomic E-state index is 11.8. The lowest BCUT2D eigenvalue weighted by Gasteiger charge is -2.44. The number of rotatable bonds is 2. The molecular weight excluding hydrogens is 192 g/mol. The number of hydrogen-bond acceptors (Lipinski definition) is 3. The molecule has 1 amide bonds. The van der Waals surface area contributed by atoms with E-state index < -0.39 is 0 Å². The molecule has 0 aromatic carbocycles. The van der Waals surface area contributed by atoms with Crippen LogP contribution in [0.15, 0.2) is 0 Å². The van der Waals surface area contributed by atoms with Crippen LogP contribution in [-0.4, -0.2) is 46.8 Å². The van der Waals surface area contributed by atoms with E-state index >= 15 is 0 Å². The molecule has 1 N–H and O–H groups in total. The van der Waals surface area contributed by atoms with Crippen molar-refractivity contribution < 1.29 is 9.90 Å². The molecule has 1 aliphatic heterocycles. The summed E-state index contributed by atoms with van der Waals surface area (Å²) in [6.07, 6.45) is 0.521. The van der Waals surface area contributed by atoms with E-state index in [0.717, 1.165) is 0 Å². The lowest BCUT2D eigenvalue weighted by atomic mass is 9.73. The normalized spacial score (nSPS) is 28.9. The highest BCUT2D eigenvalue weighted by Crippen LogP contribution is 2.42. The second-order valence-corrected chi connectivity index (χ2v) is 5.46. The van der Waals surface area contributed by atoms with Gasteiger partial charge in [-0.25, -0.2) is 5.01 Å². The van der Waals surface area contributed by atoms with Crippen LogP contribution in [0.25, 0.3) is 0 Å². The van der Waals surface area contributed by atoms with Gasteiger partial charge in [0.25, 0.3) is 0 Å². The number of carbonyl (C=O) groups excluding carboxylic acids is 1. The zero-order valence-electron chi connectivity index (χ0n) is 10.4. The molecule has 1 rings (SSSR count). The summed E-state index contributed by atoms with van der Waals surface area (Å²) in [5.41, 5.74) is -0.138. The number of aliphatic hydroxyl groups is 1. The molecule has 0 aromatic rings. The van der Waals surface area contributed by atoms with E-state index in [0.29, 0.717) is 13.0 Å². The molecule has 4 heteroatoms. The molecule has 0 aliphatic carbocycles. The van der Waals surface area contributed by atoms with Gasteiger partial charge >= 0.3 is 0 Å². The van der Waals surface area contributed by atoms with E-state index in [1.54, 1.807) is 5.01 Å². The maximum Gasteiger partial charge on any atom is 0.238 e. The minimum atomic E-state index is -0.167. The van der Waals surface area contributed by atoms with Crippen molar-refractivity contribution in [3.05, 3.63) is 0 Å². The molecule has 0 radical (unpaired) electrons. The van der Waals surface area contributed by atoms with Crippen molar-refractivity contribution in [3.63, 3.8) is 0 Å². The van der Waals surface area contributed by atoms with Crippen molar-refractivity contribution in [2.24, 2.45) is 5.41 Å². The van der Waals surface area contributed by atoms with Gasteiger partial charge in [0.05, 0.1) is 18.7 Å². The van der Waals surface area contributed by atoms with Crippen LogP contribution in [0.5, 0.6) is 0 Å². The first-order chi connectivity index (χ1) is 6.74. The van der Waals surface area contributed by atoms with Gasteiger partial charge in [-0.3, -0.25) is 9.80 Å². The fraction of sp³-hybridized carbons (Fsp3) is 0.909. The lowest BCUT2D eigenvalue weighted by Crippen LogP contribution is -2.53. The zero-order valence-corrected chi connectivity index (χ0v) is 10.4. The second kappa shape index (κ2) is 3.76. The minimum Gasteiger partial charge on any atom is -0.394 e. The quantitative estimate of drug-likeness (QED) is 0.741. The van der Waals surface area contributed by atoms with Crippen LogP contribution < -0.4 is 0 Å². The SMILES string of the molecule is CN1N(CCO)C(=O)CC1(C)C(C)(C)C. The summed E-state index contributed by atoms with van der Waals surface area (Å²) in [4.78, 5) is 11.8. The molecule has 1 heterocycles. The summed E-state index contributed by atoms with van der Waals surface area (Å²) < 4.78 is 0. The summed E-state index contributed by atoms with van der Waals surface area (Å²) >= 11 is 0. The van der Waals surface area contributed by atoms with Gasteiger partial charge in [0, 0.05) is 13.5 Å². The van der Waals surface area contributed by atoms with Crippen molar-refractivity contribution in [1.82, 2.24) is 10.0 Å². The van der Waals surface area contributed by atoms with Crippen molar-refractivity contribution in [1.29, 1.82) is 0 Å². The number of hydrogen-bond donors (Lipinski definition) is 1. The van der Waals surface area contributed by atoms with E-state index in [-0.39, 0.29) is 23.5 Å². The Morgan fingerprint density at radius 2 is 2.00 bits per heavy atom. The zero-order chi connectivity index (χ0) is 11.9. The first-order valence-corrected chi connectivity index (χ1v) is 5.39. The molecule has 0 saturated carbocycles. The van der Waals surface area contributed by atoms with Gasteiger partial charge in [0.15, 0.2) is 0 Å². The Morgan fingerprint density at radius 1 is 1.47 bits per heavy atom. The number of aliphatic hydroxyl groups excluding tert-OH is 1. The van der Waals surface area contributed by atoms with E-state index in [1.807, 2.05) is 12.1 Å². The molecule has 1 atom stereocenters. The topological polar surface area (TPSA) is 43.8 Å². The molecule has 4 nitrogen and oxygen atoms in total. The summed E-state index contributed by atoms with van der Waals surface area (Å²) in [7, 11) is 1.92. The number of nitrogens with zero attached hydrogens (tertiary/aromatic N) is 2. The monoisotopic (exact) mass is 214 g/mol. The molecule has 15 heavy (non-hydrogen) atoms. The summed E-state index contributed by atoms with van der Waals surface area (Å²) in [6, 6.07) is 0. The number of amides is 1. The fourth-order valence-corrected chi connectivity index (χ4v) is 2.05. The van der Waals surface area contributed by atoms with Gasteiger partial charge in [-0.1, -0.05) is 20.8 Å². The van der Waals surface area contributed by atoms with Crippen LogP contribution in [-0.2, 0) is 4.79 Å². The second-order valence-electron chi connectivity index (χ2n) is 5.46. The third kappa shape index (κ3) is 1.88. The molecule has 0 aromatic heterocycles. The Kier molecular flexibility index (Phi) is 3.12. The van der Waals surface area contributed by atoms with Gasteiger partial charge in [-0.15, -0.1) is 0 Å². The molecule has 1 aliphatic rings. The smallest absolute Gasteiger partial charge is 0.238 e.